The Morgan fingerprint density at radius 3 is 2.78 bits per heavy atom. The monoisotopic (exact) mass is 254 g/mol. The van der Waals surface area contributed by atoms with Gasteiger partial charge in [-0.3, -0.25) is 4.90 Å². The minimum Gasteiger partial charge on any atom is -0.377 e. The Morgan fingerprint density at radius 2 is 2.11 bits per heavy atom. The molecule has 0 radical (unpaired) electrons. The van der Waals surface area contributed by atoms with Crippen LogP contribution in [0.3, 0.4) is 0 Å². The van der Waals surface area contributed by atoms with Crippen LogP contribution in [0.25, 0.3) is 0 Å². The molecule has 0 bridgehead atoms. The van der Waals surface area contributed by atoms with Crippen LogP contribution in [0.15, 0.2) is 0 Å². The van der Waals surface area contributed by atoms with Gasteiger partial charge in [-0.15, -0.1) is 0 Å². The van der Waals surface area contributed by atoms with Crippen LogP contribution in [0.1, 0.15) is 52.4 Å². The molecule has 0 aromatic carbocycles. The van der Waals surface area contributed by atoms with Gasteiger partial charge in [0.05, 0.1) is 6.10 Å². The van der Waals surface area contributed by atoms with Crippen molar-refractivity contribution in [2.75, 3.05) is 20.2 Å². The molecule has 0 amide bonds. The van der Waals surface area contributed by atoms with Gasteiger partial charge in [-0.05, 0) is 52.6 Å². The molecule has 2 rings (SSSR count). The van der Waals surface area contributed by atoms with E-state index >= 15 is 0 Å². The van der Waals surface area contributed by atoms with Crippen LogP contribution in [0.5, 0.6) is 0 Å². The average molecular weight is 254 g/mol. The van der Waals surface area contributed by atoms with E-state index in [2.05, 4.69) is 31.1 Å². The molecule has 1 saturated carbocycles. The predicted molar refractivity (Wildman–Crippen MR) is 75.9 cm³/mol. The highest BCUT2D eigenvalue weighted by molar-refractivity contribution is 4.89. The van der Waals surface area contributed by atoms with Gasteiger partial charge < -0.3 is 10.1 Å². The Morgan fingerprint density at radius 1 is 1.28 bits per heavy atom. The van der Waals surface area contributed by atoms with Gasteiger partial charge in [0.25, 0.3) is 0 Å². The molecular formula is C15H30N2O. The van der Waals surface area contributed by atoms with Gasteiger partial charge in [-0.2, -0.15) is 0 Å². The van der Waals surface area contributed by atoms with E-state index in [9.17, 15) is 0 Å². The molecule has 4 atom stereocenters. The SMILES string of the molecule is CCCNC1CCCC(N(C)C2CCOC2C)C1. The fraction of sp³-hybridized carbons (Fsp3) is 1.00. The van der Waals surface area contributed by atoms with Gasteiger partial charge in [0.2, 0.25) is 0 Å². The number of hydrogen-bond acceptors (Lipinski definition) is 3. The minimum absolute atomic E-state index is 0.416. The highest BCUT2D eigenvalue weighted by atomic mass is 16.5. The maximum atomic E-state index is 5.71. The molecule has 1 aliphatic heterocycles. The highest BCUT2D eigenvalue weighted by Gasteiger charge is 2.33. The smallest absolute Gasteiger partial charge is 0.0703 e. The fourth-order valence-electron chi connectivity index (χ4n) is 3.59. The van der Waals surface area contributed by atoms with E-state index in [0.29, 0.717) is 12.1 Å². The lowest BCUT2D eigenvalue weighted by atomic mass is 9.89. The maximum Gasteiger partial charge on any atom is 0.0703 e. The third kappa shape index (κ3) is 3.46. The highest BCUT2D eigenvalue weighted by Crippen LogP contribution is 2.28. The van der Waals surface area contributed by atoms with Crippen molar-refractivity contribution in [2.24, 2.45) is 0 Å². The van der Waals surface area contributed by atoms with Crippen LogP contribution >= 0.6 is 0 Å². The molecule has 0 aromatic rings. The molecule has 2 aliphatic rings. The van der Waals surface area contributed by atoms with E-state index in [1.54, 1.807) is 0 Å². The molecule has 106 valence electrons. The van der Waals surface area contributed by atoms with Crippen molar-refractivity contribution in [3.63, 3.8) is 0 Å². The fourth-order valence-corrected chi connectivity index (χ4v) is 3.59. The third-order valence-corrected chi connectivity index (χ3v) is 4.76. The molecule has 0 aromatic heterocycles. The second-order valence-electron chi connectivity index (χ2n) is 6.07. The number of nitrogens with one attached hydrogen (secondary N) is 1. The molecule has 1 saturated heterocycles. The summed E-state index contributed by atoms with van der Waals surface area (Å²) >= 11 is 0. The molecular weight excluding hydrogens is 224 g/mol. The second-order valence-corrected chi connectivity index (χ2v) is 6.07. The van der Waals surface area contributed by atoms with Crippen LogP contribution in [-0.2, 0) is 4.74 Å². The maximum absolute atomic E-state index is 5.71. The lowest BCUT2D eigenvalue weighted by Gasteiger charge is -2.39. The summed E-state index contributed by atoms with van der Waals surface area (Å²) in [5.74, 6) is 0. The number of hydrogen-bond donors (Lipinski definition) is 1. The van der Waals surface area contributed by atoms with Crippen LogP contribution < -0.4 is 5.32 Å². The standard InChI is InChI=1S/C15H30N2O/c1-4-9-16-13-6-5-7-14(11-13)17(3)15-8-10-18-12(15)2/h12-16H,4-11H2,1-3H3. The first kappa shape index (κ1) is 14.3. The number of rotatable bonds is 5. The Kier molecular flexibility index (Phi) is 5.46. The first-order valence-corrected chi connectivity index (χ1v) is 7.79. The van der Waals surface area contributed by atoms with Crippen molar-refractivity contribution in [1.29, 1.82) is 0 Å². The topological polar surface area (TPSA) is 24.5 Å². The molecule has 3 heteroatoms. The zero-order chi connectivity index (χ0) is 13.0. The molecule has 1 heterocycles. The normalized spacial score (nSPS) is 37.3. The molecule has 4 unspecified atom stereocenters. The van der Waals surface area contributed by atoms with Crippen molar-refractivity contribution in [3.05, 3.63) is 0 Å². The van der Waals surface area contributed by atoms with E-state index in [0.717, 1.165) is 18.7 Å². The summed E-state index contributed by atoms with van der Waals surface area (Å²) in [6.45, 7) is 6.59. The van der Waals surface area contributed by atoms with Crippen LogP contribution in [0.2, 0.25) is 0 Å². The van der Waals surface area contributed by atoms with Crippen molar-refractivity contribution in [3.8, 4) is 0 Å². The average Bonchev–Trinajstić information content (AvgIpc) is 2.82. The predicted octanol–water partition coefficient (Wildman–Crippen LogP) is 2.41. The summed E-state index contributed by atoms with van der Waals surface area (Å²) in [5, 5.41) is 3.70. The minimum atomic E-state index is 0.416. The largest absolute Gasteiger partial charge is 0.377 e. The van der Waals surface area contributed by atoms with E-state index < -0.39 is 0 Å². The zero-order valence-electron chi connectivity index (χ0n) is 12.3. The van der Waals surface area contributed by atoms with E-state index in [4.69, 9.17) is 4.74 Å². The van der Waals surface area contributed by atoms with Crippen LogP contribution in [0.4, 0.5) is 0 Å². The molecule has 2 fully saturated rings. The van der Waals surface area contributed by atoms with Crippen molar-refractivity contribution < 1.29 is 4.74 Å². The number of nitrogens with zero attached hydrogens (tertiary/aromatic N) is 1. The number of ether oxygens (including phenoxy) is 1. The summed E-state index contributed by atoms with van der Waals surface area (Å²) < 4.78 is 5.71. The Labute approximate surface area is 112 Å². The van der Waals surface area contributed by atoms with Gasteiger partial charge in [0, 0.05) is 24.7 Å². The van der Waals surface area contributed by atoms with Crippen molar-refractivity contribution >= 4 is 0 Å². The van der Waals surface area contributed by atoms with Gasteiger partial charge in [-0.25, -0.2) is 0 Å². The van der Waals surface area contributed by atoms with E-state index in [1.165, 1.54) is 45.1 Å². The van der Waals surface area contributed by atoms with Crippen LogP contribution in [0, 0.1) is 0 Å². The second kappa shape index (κ2) is 6.88. The summed E-state index contributed by atoms with van der Waals surface area (Å²) in [4.78, 5) is 2.61. The summed E-state index contributed by atoms with van der Waals surface area (Å²) in [7, 11) is 2.31. The van der Waals surface area contributed by atoms with Gasteiger partial charge >= 0.3 is 0 Å². The van der Waals surface area contributed by atoms with Crippen molar-refractivity contribution in [1.82, 2.24) is 10.2 Å². The van der Waals surface area contributed by atoms with E-state index in [1.807, 2.05) is 0 Å². The summed E-state index contributed by atoms with van der Waals surface area (Å²) in [5.41, 5.74) is 0. The molecule has 18 heavy (non-hydrogen) atoms. The third-order valence-electron chi connectivity index (χ3n) is 4.76. The molecule has 1 N–H and O–H groups in total. The summed E-state index contributed by atoms with van der Waals surface area (Å²) in [6.07, 6.45) is 8.29. The molecule has 1 aliphatic carbocycles. The first-order chi connectivity index (χ1) is 8.72. The lowest BCUT2D eigenvalue weighted by Crippen LogP contribution is -2.48. The van der Waals surface area contributed by atoms with Gasteiger partial charge in [-0.1, -0.05) is 13.3 Å². The van der Waals surface area contributed by atoms with Crippen LogP contribution in [-0.4, -0.2) is 49.3 Å². The first-order valence-electron chi connectivity index (χ1n) is 7.79. The Bertz CT molecular complexity index is 247. The number of likely N-dealkylation sites (N-methyl/N-ethyl adjacent to an activating group) is 1. The van der Waals surface area contributed by atoms with Gasteiger partial charge in [0.1, 0.15) is 0 Å². The summed E-state index contributed by atoms with van der Waals surface area (Å²) in [6, 6.07) is 2.13. The quantitative estimate of drug-likeness (QED) is 0.815. The molecule has 3 nitrogen and oxygen atoms in total. The van der Waals surface area contributed by atoms with E-state index in [-0.39, 0.29) is 0 Å². The zero-order valence-corrected chi connectivity index (χ0v) is 12.3. The Hall–Kier alpha value is -0.120. The molecule has 0 spiro atoms. The lowest BCUT2D eigenvalue weighted by molar-refractivity contribution is 0.0545. The van der Waals surface area contributed by atoms with Crippen molar-refractivity contribution in [2.45, 2.75) is 76.6 Å². The van der Waals surface area contributed by atoms with Gasteiger partial charge in [0.15, 0.2) is 0 Å². The Balaban J connectivity index is 1.83.